The van der Waals surface area contributed by atoms with Gasteiger partial charge < -0.3 is 10.2 Å². The lowest BCUT2D eigenvalue weighted by Crippen LogP contribution is -2.55. The van der Waals surface area contributed by atoms with Crippen LogP contribution in [0.5, 0.6) is 0 Å². The van der Waals surface area contributed by atoms with Crippen LogP contribution in [0.4, 0.5) is 10.1 Å². The molecule has 0 heterocycles. The van der Waals surface area contributed by atoms with Crippen LogP contribution in [-0.2, 0) is 32.6 Å². The molecule has 0 saturated heterocycles. The standard InChI is InChI=1S/C32H38FN3O4S/c1-24-12-9-10-15-26(24)22-35(31(37)23-36(41(2,39)40)29-19-11-16-27(33)21-29)30(20-25-13-5-3-6-14-25)32(38)34-28-17-7-4-8-18-28/h3,5-6,9-16,19,21,28,30H,4,7-8,17-18,20,22-23H2,1-2H3,(H,34,38)/t30-/m0/s1. The lowest BCUT2D eigenvalue weighted by molar-refractivity contribution is -0.140. The molecule has 1 fully saturated rings. The molecule has 0 radical (unpaired) electrons. The van der Waals surface area contributed by atoms with Gasteiger partial charge in [0.15, 0.2) is 0 Å². The molecule has 3 aromatic rings. The number of rotatable bonds is 11. The van der Waals surface area contributed by atoms with Crippen LogP contribution in [0, 0.1) is 12.7 Å². The van der Waals surface area contributed by atoms with Gasteiger partial charge >= 0.3 is 0 Å². The van der Waals surface area contributed by atoms with Gasteiger partial charge in [-0.15, -0.1) is 0 Å². The summed E-state index contributed by atoms with van der Waals surface area (Å²) in [7, 11) is -3.95. The number of nitrogens with one attached hydrogen (secondary N) is 1. The van der Waals surface area contributed by atoms with Crippen LogP contribution >= 0.6 is 0 Å². The number of nitrogens with zero attached hydrogens (tertiary/aromatic N) is 2. The quantitative estimate of drug-likeness (QED) is 0.347. The van der Waals surface area contributed by atoms with Gasteiger partial charge in [-0.05, 0) is 54.7 Å². The first-order chi connectivity index (χ1) is 19.6. The summed E-state index contributed by atoms with van der Waals surface area (Å²) < 4.78 is 40.6. The van der Waals surface area contributed by atoms with E-state index in [0.717, 1.165) is 65.4 Å². The molecule has 0 bridgehead atoms. The van der Waals surface area contributed by atoms with Crippen LogP contribution < -0.4 is 9.62 Å². The second-order valence-electron chi connectivity index (χ2n) is 10.7. The van der Waals surface area contributed by atoms with Gasteiger partial charge in [0.2, 0.25) is 21.8 Å². The zero-order valence-corrected chi connectivity index (χ0v) is 24.4. The highest BCUT2D eigenvalue weighted by atomic mass is 32.2. The van der Waals surface area contributed by atoms with Crippen LogP contribution in [0.15, 0.2) is 78.9 Å². The molecule has 1 saturated carbocycles. The van der Waals surface area contributed by atoms with Crippen molar-refractivity contribution in [3.05, 3.63) is 101 Å². The van der Waals surface area contributed by atoms with E-state index in [0.29, 0.717) is 0 Å². The molecule has 0 aliphatic heterocycles. The van der Waals surface area contributed by atoms with Crippen molar-refractivity contribution in [2.75, 3.05) is 17.1 Å². The molecule has 41 heavy (non-hydrogen) atoms. The first-order valence-corrected chi connectivity index (χ1v) is 15.9. The van der Waals surface area contributed by atoms with Crippen LogP contribution in [0.1, 0.15) is 48.8 Å². The summed E-state index contributed by atoms with van der Waals surface area (Å²) in [5, 5.41) is 3.18. The summed E-state index contributed by atoms with van der Waals surface area (Å²) in [6, 6.07) is 21.4. The van der Waals surface area contributed by atoms with Gasteiger partial charge in [0.1, 0.15) is 18.4 Å². The molecular formula is C32H38FN3O4S. The number of amides is 2. The molecule has 1 aliphatic rings. The van der Waals surface area contributed by atoms with E-state index < -0.39 is 34.3 Å². The molecular weight excluding hydrogens is 541 g/mol. The fourth-order valence-corrected chi connectivity index (χ4v) is 6.16. The highest BCUT2D eigenvalue weighted by Gasteiger charge is 2.34. The SMILES string of the molecule is Cc1ccccc1CN(C(=O)CN(c1cccc(F)c1)S(C)(=O)=O)[C@@H](Cc1ccccc1)C(=O)NC1CCCCC1. The van der Waals surface area contributed by atoms with Gasteiger partial charge in [-0.1, -0.05) is 79.9 Å². The second kappa shape index (κ2) is 13.8. The first kappa shape index (κ1) is 30.2. The molecule has 2 amide bonds. The predicted molar refractivity (Wildman–Crippen MR) is 159 cm³/mol. The van der Waals surface area contributed by atoms with E-state index in [1.165, 1.54) is 23.1 Å². The Labute approximate surface area is 242 Å². The van der Waals surface area contributed by atoms with Crippen molar-refractivity contribution in [1.82, 2.24) is 10.2 Å². The Hall–Kier alpha value is -3.72. The average Bonchev–Trinajstić information content (AvgIpc) is 2.95. The average molecular weight is 580 g/mol. The van der Waals surface area contributed by atoms with Crippen molar-refractivity contribution in [2.45, 2.75) is 64.1 Å². The number of hydrogen-bond acceptors (Lipinski definition) is 4. The number of aryl methyl sites for hydroxylation is 1. The van der Waals surface area contributed by atoms with E-state index in [-0.39, 0.29) is 30.6 Å². The molecule has 1 aliphatic carbocycles. The van der Waals surface area contributed by atoms with Gasteiger partial charge in [-0.25, -0.2) is 12.8 Å². The van der Waals surface area contributed by atoms with Gasteiger partial charge in [-0.3, -0.25) is 13.9 Å². The van der Waals surface area contributed by atoms with Gasteiger partial charge in [-0.2, -0.15) is 0 Å². The van der Waals surface area contributed by atoms with E-state index in [1.54, 1.807) is 0 Å². The van der Waals surface area contributed by atoms with Crippen molar-refractivity contribution >= 4 is 27.5 Å². The highest BCUT2D eigenvalue weighted by molar-refractivity contribution is 7.92. The van der Waals surface area contributed by atoms with E-state index in [1.807, 2.05) is 61.5 Å². The first-order valence-electron chi connectivity index (χ1n) is 14.0. The molecule has 0 aromatic heterocycles. The molecule has 0 spiro atoms. The summed E-state index contributed by atoms with van der Waals surface area (Å²) in [6.07, 6.45) is 6.23. The maximum absolute atomic E-state index is 14.1. The van der Waals surface area contributed by atoms with Gasteiger partial charge in [0.05, 0.1) is 11.9 Å². The molecule has 9 heteroatoms. The third kappa shape index (κ3) is 8.39. The Morgan fingerprint density at radius 3 is 2.29 bits per heavy atom. The zero-order chi connectivity index (χ0) is 29.4. The number of hydrogen-bond donors (Lipinski definition) is 1. The van der Waals surface area contributed by atoms with Crippen molar-refractivity contribution in [3.8, 4) is 0 Å². The minimum atomic E-state index is -3.95. The van der Waals surface area contributed by atoms with Gasteiger partial charge in [0.25, 0.3) is 0 Å². The van der Waals surface area contributed by atoms with E-state index in [4.69, 9.17) is 0 Å². The molecule has 1 atom stereocenters. The fourth-order valence-electron chi connectivity index (χ4n) is 5.31. The number of anilines is 1. The number of sulfonamides is 1. The van der Waals surface area contributed by atoms with Crippen molar-refractivity contribution in [1.29, 1.82) is 0 Å². The largest absolute Gasteiger partial charge is 0.352 e. The highest BCUT2D eigenvalue weighted by Crippen LogP contribution is 2.23. The molecule has 7 nitrogen and oxygen atoms in total. The maximum atomic E-state index is 14.1. The maximum Gasteiger partial charge on any atom is 0.244 e. The molecule has 4 rings (SSSR count). The normalized spacial score (nSPS) is 14.7. The summed E-state index contributed by atoms with van der Waals surface area (Å²) in [6.45, 7) is 1.47. The summed E-state index contributed by atoms with van der Waals surface area (Å²) >= 11 is 0. The van der Waals surface area contributed by atoms with Crippen LogP contribution in [0.2, 0.25) is 0 Å². The Kier molecular flexibility index (Phi) is 10.2. The monoisotopic (exact) mass is 579 g/mol. The van der Waals surface area contributed by atoms with E-state index in [9.17, 15) is 22.4 Å². The summed E-state index contributed by atoms with van der Waals surface area (Å²) in [5.41, 5.74) is 2.72. The Balaban J connectivity index is 1.73. The smallest absolute Gasteiger partial charge is 0.244 e. The van der Waals surface area contributed by atoms with Crippen molar-refractivity contribution in [2.24, 2.45) is 0 Å². The summed E-state index contributed by atoms with van der Waals surface area (Å²) in [5.74, 6) is -1.43. The van der Waals surface area contributed by atoms with Crippen LogP contribution in [-0.4, -0.2) is 50.0 Å². The van der Waals surface area contributed by atoms with Gasteiger partial charge in [0, 0.05) is 19.0 Å². The van der Waals surface area contributed by atoms with Crippen LogP contribution in [0.25, 0.3) is 0 Å². The molecule has 1 N–H and O–H groups in total. The van der Waals surface area contributed by atoms with Crippen molar-refractivity contribution in [3.63, 3.8) is 0 Å². The predicted octanol–water partition coefficient (Wildman–Crippen LogP) is 4.99. The van der Waals surface area contributed by atoms with Crippen LogP contribution in [0.3, 0.4) is 0 Å². The molecule has 0 unspecified atom stereocenters. The number of benzene rings is 3. The van der Waals surface area contributed by atoms with E-state index in [2.05, 4.69) is 5.32 Å². The molecule has 3 aromatic carbocycles. The second-order valence-corrected chi connectivity index (χ2v) is 12.7. The zero-order valence-electron chi connectivity index (χ0n) is 23.6. The lowest BCUT2D eigenvalue weighted by Gasteiger charge is -2.35. The minimum absolute atomic E-state index is 0.0322. The topological polar surface area (TPSA) is 86.8 Å². The number of carbonyl (C=O) groups is 2. The van der Waals surface area contributed by atoms with Crippen molar-refractivity contribution < 1.29 is 22.4 Å². The number of carbonyl (C=O) groups excluding carboxylic acids is 2. The lowest BCUT2D eigenvalue weighted by atomic mass is 9.94. The number of halogens is 1. The Bertz CT molecular complexity index is 1440. The Morgan fingerprint density at radius 2 is 1.63 bits per heavy atom. The molecule has 218 valence electrons. The summed E-state index contributed by atoms with van der Waals surface area (Å²) in [4.78, 5) is 29.6. The van der Waals surface area contributed by atoms with E-state index >= 15 is 0 Å². The minimum Gasteiger partial charge on any atom is -0.352 e. The fraction of sp³-hybridized carbons (Fsp3) is 0.375. The Morgan fingerprint density at radius 1 is 0.951 bits per heavy atom. The third-order valence-electron chi connectivity index (χ3n) is 7.60. The third-order valence-corrected chi connectivity index (χ3v) is 8.74.